The lowest BCUT2D eigenvalue weighted by atomic mass is 10.1. The van der Waals surface area contributed by atoms with Crippen molar-refractivity contribution in [3.8, 4) is 0 Å². The topological polar surface area (TPSA) is 104 Å². The van der Waals surface area contributed by atoms with Gasteiger partial charge in [-0.25, -0.2) is 9.78 Å². The van der Waals surface area contributed by atoms with Gasteiger partial charge in [-0.15, -0.1) is 11.3 Å². The van der Waals surface area contributed by atoms with Gasteiger partial charge in [-0.3, -0.25) is 4.79 Å². The van der Waals surface area contributed by atoms with Gasteiger partial charge in [0.1, 0.15) is 11.3 Å². The van der Waals surface area contributed by atoms with E-state index in [0.717, 1.165) is 11.3 Å². The fourth-order valence-electron chi connectivity index (χ4n) is 1.18. The van der Waals surface area contributed by atoms with E-state index >= 15 is 0 Å². The number of aromatic nitrogens is 1. The van der Waals surface area contributed by atoms with E-state index in [1.54, 1.807) is 20.8 Å². The molecule has 0 aliphatic heterocycles. The Morgan fingerprint density at radius 2 is 1.91 bits per heavy atom. The van der Waals surface area contributed by atoms with Crippen molar-refractivity contribution in [2.24, 2.45) is 5.16 Å². The van der Waals surface area contributed by atoms with Crippen molar-refractivity contribution in [2.75, 3.05) is 5.73 Å². The molecular formula is C13H18ClN3O4S. The Morgan fingerprint density at radius 1 is 1.32 bits per heavy atom. The van der Waals surface area contributed by atoms with Crippen molar-refractivity contribution < 1.29 is 19.2 Å². The van der Waals surface area contributed by atoms with Gasteiger partial charge in [0.05, 0.1) is 0 Å². The molecule has 0 fully saturated rings. The zero-order valence-electron chi connectivity index (χ0n) is 13.0. The van der Waals surface area contributed by atoms with Gasteiger partial charge >= 0.3 is 5.97 Å². The summed E-state index contributed by atoms with van der Waals surface area (Å²) in [5, 5.41) is 4.55. The van der Waals surface area contributed by atoms with Crippen LogP contribution in [0.5, 0.6) is 0 Å². The van der Waals surface area contributed by atoms with Crippen LogP contribution in [0.15, 0.2) is 10.5 Å². The summed E-state index contributed by atoms with van der Waals surface area (Å²) in [7, 11) is 0. The lowest BCUT2D eigenvalue weighted by Gasteiger charge is -2.26. The summed E-state index contributed by atoms with van der Waals surface area (Å²) in [6.07, 6.45) is 0. The third-order valence-corrected chi connectivity index (χ3v) is 3.06. The molecule has 0 amide bonds. The summed E-state index contributed by atoms with van der Waals surface area (Å²) >= 11 is 6.59. The molecule has 0 atom stereocenters. The molecule has 0 saturated carbocycles. The Kier molecular flexibility index (Phi) is 5.53. The maximum Gasteiger partial charge on any atom is 0.353 e. The minimum atomic E-state index is -1.40. The number of hydrogen-bond donors (Lipinski definition) is 1. The number of carbonyl (C=O) groups excluding carboxylic acids is 2. The largest absolute Gasteiger partial charge is 0.457 e. The van der Waals surface area contributed by atoms with Gasteiger partial charge in [-0.2, -0.15) is 0 Å². The average molecular weight is 348 g/mol. The number of halogens is 1. The van der Waals surface area contributed by atoms with Gasteiger partial charge in [0.2, 0.25) is 5.60 Å². The number of esters is 1. The molecule has 7 nitrogen and oxygen atoms in total. The van der Waals surface area contributed by atoms with Crippen molar-refractivity contribution in [2.45, 2.75) is 45.8 Å². The zero-order chi connectivity index (χ0) is 17.1. The molecule has 0 bridgehead atoms. The van der Waals surface area contributed by atoms with Gasteiger partial charge in [-0.05, 0) is 46.2 Å². The fraction of sp³-hybridized carbons (Fsp3) is 0.538. The molecule has 1 aromatic rings. The third-order valence-electron chi connectivity index (χ3n) is 2.21. The number of nitrogens with zero attached hydrogens (tertiary/aromatic N) is 2. The van der Waals surface area contributed by atoms with Gasteiger partial charge in [0.15, 0.2) is 10.8 Å². The van der Waals surface area contributed by atoms with E-state index in [4.69, 9.17) is 26.9 Å². The van der Waals surface area contributed by atoms with Crippen LogP contribution < -0.4 is 5.73 Å². The number of nitrogens with two attached hydrogens (primary N) is 1. The van der Waals surface area contributed by atoms with Crippen molar-refractivity contribution in [3.63, 3.8) is 0 Å². The van der Waals surface area contributed by atoms with E-state index < -0.39 is 22.4 Å². The molecule has 0 saturated heterocycles. The molecule has 2 N–H and O–H groups in total. The Labute approximate surface area is 137 Å². The predicted molar refractivity (Wildman–Crippen MR) is 84.9 cm³/mol. The lowest BCUT2D eigenvalue weighted by Crippen LogP contribution is -2.40. The molecule has 1 rings (SSSR count). The van der Waals surface area contributed by atoms with Crippen LogP contribution in [-0.4, -0.2) is 33.1 Å². The predicted octanol–water partition coefficient (Wildman–Crippen LogP) is 2.33. The first-order chi connectivity index (χ1) is 9.92. The van der Waals surface area contributed by atoms with Gasteiger partial charge < -0.3 is 15.3 Å². The number of carbonyl (C=O) groups is 2. The number of anilines is 1. The van der Waals surface area contributed by atoms with Crippen LogP contribution in [0.25, 0.3) is 0 Å². The average Bonchev–Trinajstić information content (AvgIpc) is 2.73. The second kappa shape index (κ2) is 6.62. The second-order valence-electron chi connectivity index (χ2n) is 5.89. The van der Waals surface area contributed by atoms with Gasteiger partial charge in [0.25, 0.3) is 5.24 Å². The van der Waals surface area contributed by atoms with Gasteiger partial charge in [0, 0.05) is 5.38 Å². The molecule has 0 aliphatic rings. The normalized spacial score (nSPS) is 12.9. The Morgan fingerprint density at radius 3 is 2.32 bits per heavy atom. The summed E-state index contributed by atoms with van der Waals surface area (Å²) < 4.78 is 5.22. The van der Waals surface area contributed by atoms with Crippen molar-refractivity contribution in [1.29, 1.82) is 0 Å². The quantitative estimate of drug-likeness (QED) is 0.379. The van der Waals surface area contributed by atoms with Crippen LogP contribution >= 0.6 is 22.9 Å². The first-order valence-corrected chi connectivity index (χ1v) is 7.59. The van der Waals surface area contributed by atoms with Crippen LogP contribution in [-0.2, 0) is 19.2 Å². The smallest absolute Gasteiger partial charge is 0.353 e. The van der Waals surface area contributed by atoms with E-state index in [1.165, 1.54) is 19.2 Å². The molecule has 0 aromatic carbocycles. The Balaban J connectivity index is 2.94. The molecular weight excluding hydrogens is 330 g/mol. The van der Waals surface area contributed by atoms with Crippen LogP contribution in [0.3, 0.4) is 0 Å². The molecule has 1 heterocycles. The van der Waals surface area contributed by atoms with Crippen LogP contribution in [0.1, 0.15) is 40.3 Å². The maximum atomic E-state index is 12.0. The molecule has 22 heavy (non-hydrogen) atoms. The number of ether oxygens (including phenoxy) is 1. The minimum Gasteiger partial charge on any atom is -0.457 e. The van der Waals surface area contributed by atoms with Crippen LogP contribution in [0, 0.1) is 0 Å². The van der Waals surface area contributed by atoms with E-state index in [-0.39, 0.29) is 16.5 Å². The van der Waals surface area contributed by atoms with Crippen molar-refractivity contribution >= 4 is 45.0 Å². The van der Waals surface area contributed by atoms with E-state index in [1.807, 2.05) is 0 Å². The standard InChI is InChI=1S/C13H18ClN3O4S/c1-12(2,3)20-10(19)13(4,5)21-17-8(9(14)18)7-6-22-11(15)16-7/h6H,1-5H3,(H2,15,16)/b17-8-. The Bertz CT molecular complexity index is 605. The SMILES string of the molecule is CC(C)(C)OC(=O)C(C)(C)O/N=C(\C(=O)Cl)c1csc(N)n1. The first-order valence-electron chi connectivity index (χ1n) is 6.33. The summed E-state index contributed by atoms with van der Waals surface area (Å²) in [6.45, 7) is 8.13. The van der Waals surface area contributed by atoms with Crippen LogP contribution in [0.4, 0.5) is 5.13 Å². The van der Waals surface area contributed by atoms with E-state index in [0.29, 0.717) is 0 Å². The van der Waals surface area contributed by atoms with E-state index in [2.05, 4.69) is 10.1 Å². The van der Waals surface area contributed by atoms with Gasteiger partial charge in [-0.1, -0.05) is 5.16 Å². The highest BCUT2D eigenvalue weighted by molar-refractivity contribution is 7.13. The summed E-state index contributed by atoms with van der Waals surface area (Å²) in [5.41, 5.74) is 3.38. The zero-order valence-corrected chi connectivity index (χ0v) is 14.5. The molecule has 1 aromatic heterocycles. The highest BCUT2D eigenvalue weighted by Crippen LogP contribution is 2.19. The highest BCUT2D eigenvalue weighted by atomic mass is 35.5. The summed E-state index contributed by atoms with van der Waals surface area (Å²) in [5.74, 6) is -0.622. The molecule has 0 aliphatic carbocycles. The molecule has 0 unspecified atom stereocenters. The van der Waals surface area contributed by atoms with Crippen molar-refractivity contribution in [1.82, 2.24) is 4.98 Å². The lowest BCUT2D eigenvalue weighted by molar-refractivity contribution is -0.179. The van der Waals surface area contributed by atoms with E-state index in [9.17, 15) is 9.59 Å². The summed E-state index contributed by atoms with van der Waals surface area (Å²) in [4.78, 5) is 32.5. The number of thiazole rings is 1. The maximum absolute atomic E-state index is 12.0. The Hall–Kier alpha value is -1.67. The number of hydrogen-bond acceptors (Lipinski definition) is 8. The number of nitrogen functional groups attached to an aromatic ring is 1. The van der Waals surface area contributed by atoms with Crippen LogP contribution in [0.2, 0.25) is 0 Å². The fourth-order valence-corrected chi connectivity index (χ4v) is 1.86. The molecule has 9 heteroatoms. The monoisotopic (exact) mass is 347 g/mol. The first kappa shape index (κ1) is 18.4. The molecule has 0 radical (unpaired) electrons. The minimum absolute atomic E-state index is 0.183. The second-order valence-corrected chi connectivity index (χ2v) is 7.12. The van der Waals surface area contributed by atoms with Crippen molar-refractivity contribution in [3.05, 3.63) is 11.1 Å². The summed E-state index contributed by atoms with van der Waals surface area (Å²) in [6, 6.07) is 0. The number of oxime groups is 1. The number of rotatable bonds is 5. The third kappa shape index (κ3) is 5.27. The molecule has 0 spiro atoms. The molecule has 122 valence electrons. The highest BCUT2D eigenvalue weighted by Gasteiger charge is 2.35.